The molecule has 1 aliphatic rings. The van der Waals surface area contributed by atoms with E-state index in [0.29, 0.717) is 10.8 Å². The summed E-state index contributed by atoms with van der Waals surface area (Å²) in [6, 6.07) is 0. The van der Waals surface area contributed by atoms with E-state index in [1.165, 1.54) is 13.0 Å². The fourth-order valence-corrected chi connectivity index (χ4v) is 1.64. The predicted molar refractivity (Wildman–Crippen MR) is 65.1 cm³/mol. The Morgan fingerprint density at radius 1 is 1.00 bits per heavy atom. The molecule has 1 saturated heterocycles. The molecule has 0 aromatic heterocycles. The van der Waals surface area contributed by atoms with Crippen LogP contribution in [0, 0.1) is 10.8 Å². The van der Waals surface area contributed by atoms with Gasteiger partial charge < -0.3 is 4.74 Å². The summed E-state index contributed by atoms with van der Waals surface area (Å²) in [5, 5.41) is 0. The van der Waals surface area contributed by atoms with E-state index in [1.54, 1.807) is 0 Å². The van der Waals surface area contributed by atoms with Crippen molar-refractivity contribution in [3.8, 4) is 0 Å². The van der Waals surface area contributed by atoms with Crippen molar-refractivity contribution in [3.05, 3.63) is 0 Å². The van der Waals surface area contributed by atoms with E-state index in [9.17, 15) is 0 Å². The molecule has 1 fully saturated rings. The molecular weight excluding hydrogens is 186 g/mol. The van der Waals surface area contributed by atoms with Gasteiger partial charge in [-0.05, 0) is 23.8 Å². The highest BCUT2D eigenvalue weighted by atomic mass is 16.5. The van der Waals surface area contributed by atoms with Crippen molar-refractivity contribution in [3.63, 3.8) is 0 Å². The molecule has 0 aromatic rings. The first-order valence-electron chi connectivity index (χ1n) is 6.13. The van der Waals surface area contributed by atoms with Gasteiger partial charge in [-0.15, -0.1) is 0 Å². The summed E-state index contributed by atoms with van der Waals surface area (Å²) in [5.41, 5.74) is 0.796. The van der Waals surface area contributed by atoms with E-state index in [1.807, 2.05) is 0 Å². The zero-order chi connectivity index (χ0) is 11.5. The standard InChI is InChI=1S/C13H27NO/c1-12(2,3)13(4,5)6-7-14-8-10-15-11-9-14/h6-11H2,1-5H3. The molecule has 0 bridgehead atoms. The Labute approximate surface area is 95.0 Å². The van der Waals surface area contributed by atoms with Crippen LogP contribution in [0.5, 0.6) is 0 Å². The number of morpholine rings is 1. The van der Waals surface area contributed by atoms with Crippen LogP contribution in [0.1, 0.15) is 41.0 Å². The highest BCUT2D eigenvalue weighted by Crippen LogP contribution is 2.40. The van der Waals surface area contributed by atoms with Gasteiger partial charge in [0, 0.05) is 13.1 Å². The quantitative estimate of drug-likeness (QED) is 0.715. The molecule has 0 radical (unpaired) electrons. The minimum absolute atomic E-state index is 0.388. The molecule has 1 heterocycles. The Balaban J connectivity index is 2.35. The van der Waals surface area contributed by atoms with Gasteiger partial charge in [0.1, 0.15) is 0 Å². The van der Waals surface area contributed by atoms with Crippen molar-refractivity contribution in [2.45, 2.75) is 41.0 Å². The Hall–Kier alpha value is -0.0800. The average molecular weight is 213 g/mol. The van der Waals surface area contributed by atoms with Crippen molar-refractivity contribution < 1.29 is 4.74 Å². The fourth-order valence-electron chi connectivity index (χ4n) is 1.64. The van der Waals surface area contributed by atoms with Crippen LogP contribution in [-0.4, -0.2) is 37.7 Å². The molecule has 1 aliphatic heterocycles. The summed E-state index contributed by atoms with van der Waals surface area (Å²) in [6.07, 6.45) is 1.27. The van der Waals surface area contributed by atoms with Crippen LogP contribution >= 0.6 is 0 Å². The lowest BCUT2D eigenvalue weighted by molar-refractivity contribution is 0.0231. The van der Waals surface area contributed by atoms with Gasteiger partial charge in [-0.1, -0.05) is 34.6 Å². The van der Waals surface area contributed by atoms with E-state index >= 15 is 0 Å². The van der Waals surface area contributed by atoms with Gasteiger partial charge in [0.25, 0.3) is 0 Å². The van der Waals surface area contributed by atoms with E-state index in [0.717, 1.165) is 26.3 Å². The number of hydrogen-bond acceptors (Lipinski definition) is 2. The summed E-state index contributed by atoms with van der Waals surface area (Å²) in [7, 11) is 0. The van der Waals surface area contributed by atoms with Crippen LogP contribution in [0.2, 0.25) is 0 Å². The monoisotopic (exact) mass is 213 g/mol. The molecule has 0 spiro atoms. The van der Waals surface area contributed by atoms with Gasteiger partial charge in [-0.25, -0.2) is 0 Å². The maximum Gasteiger partial charge on any atom is 0.0594 e. The molecule has 1 rings (SSSR count). The lowest BCUT2D eigenvalue weighted by Gasteiger charge is -2.40. The number of hydrogen-bond donors (Lipinski definition) is 0. The second-order valence-electron chi connectivity index (χ2n) is 6.34. The van der Waals surface area contributed by atoms with Crippen LogP contribution < -0.4 is 0 Å². The second kappa shape index (κ2) is 4.84. The van der Waals surface area contributed by atoms with Crippen LogP contribution in [-0.2, 0) is 4.74 Å². The summed E-state index contributed by atoms with van der Waals surface area (Å²) < 4.78 is 5.36. The van der Waals surface area contributed by atoms with Crippen LogP contribution in [0.3, 0.4) is 0 Å². The van der Waals surface area contributed by atoms with E-state index in [2.05, 4.69) is 39.5 Å². The van der Waals surface area contributed by atoms with Crippen molar-refractivity contribution in [2.24, 2.45) is 10.8 Å². The lowest BCUT2D eigenvalue weighted by Crippen LogP contribution is -2.40. The minimum atomic E-state index is 0.388. The molecule has 0 unspecified atom stereocenters. The molecule has 0 aromatic carbocycles. The summed E-state index contributed by atoms with van der Waals surface area (Å²) in [6.45, 7) is 17.0. The van der Waals surface area contributed by atoms with Crippen LogP contribution in [0.15, 0.2) is 0 Å². The first-order chi connectivity index (χ1) is 6.83. The average Bonchev–Trinajstić information content (AvgIpc) is 2.15. The predicted octanol–water partition coefficient (Wildman–Crippen LogP) is 2.78. The third-order valence-corrected chi connectivity index (χ3v) is 4.19. The van der Waals surface area contributed by atoms with Crippen LogP contribution in [0.25, 0.3) is 0 Å². The van der Waals surface area contributed by atoms with Gasteiger partial charge in [-0.2, -0.15) is 0 Å². The first-order valence-corrected chi connectivity index (χ1v) is 6.13. The third kappa shape index (κ3) is 3.76. The van der Waals surface area contributed by atoms with Gasteiger partial charge in [0.15, 0.2) is 0 Å². The SMILES string of the molecule is CC(C)(C)C(C)(C)CCN1CCOCC1. The molecule has 90 valence electrons. The van der Waals surface area contributed by atoms with E-state index in [-0.39, 0.29) is 0 Å². The van der Waals surface area contributed by atoms with Crippen molar-refractivity contribution in [2.75, 3.05) is 32.8 Å². The van der Waals surface area contributed by atoms with Gasteiger partial charge in [0.2, 0.25) is 0 Å². The minimum Gasteiger partial charge on any atom is -0.379 e. The molecule has 0 amide bonds. The van der Waals surface area contributed by atoms with E-state index in [4.69, 9.17) is 4.74 Å². The summed E-state index contributed by atoms with van der Waals surface area (Å²) >= 11 is 0. The maximum absolute atomic E-state index is 5.36. The Morgan fingerprint density at radius 3 is 2.00 bits per heavy atom. The Bertz CT molecular complexity index is 187. The highest BCUT2D eigenvalue weighted by Gasteiger charge is 2.32. The van der Waals surface area contributed by atoms with Gasteiger partial charge >= 0.3 is 0 Å². The first kappa shape index (κ1) is 13.0. The van der Waals surface area contributed by atoms with Crippen molar-refractivity contribution in [1.82, 2.24) is 4.90 Å². The normalized spacial score (nSPS) is 20.6. The topological polar surface area (TPSA) is 12.5 Å². The third-order valence-electron chi connectivity index (χ3n) is 4.19. The number of rotatable bonds is 3. The lowest BCUT2D eigenvalue weighted by atomic mass is 9.67. The molecule has 0 saturated carbocycles. The van der Waals surface area contributed by atoms with E-state index < -0.39 is 0 Å². The van der Waals surface area contributed by atoms with Crippen molar-refractivity contribution >= 4 is 0 Å². The largest absolute Gasteiger partial charge is 0.379 e. The molecule has 0 N–H and O–H groups in total. The van der Waals surface area contributed by atoms with Gasteiger partial charge in [0.05, 0.1) is 13.2 Å². The van der Waals surface area contributed by atoms with Crippen LogP contribution in [0.4, 0.5) is 0 Å². The molecule has 2 heteroatoms. The summed E-state index contributed by atoms with van der Waals surface area (Å²) in [4.78, 5) is 2.52. The fraction of sp³-hybridized carbons (Fsp3) is 1.00. The highest BCUT2D eigenvalue weighted by molar-refractivity contribution is 4.83. The summed E-state index contributed by atoms with van der Waals surface area (Å²) in [5.74, 6) is 0. The maximum atomic E-state index is 5.36. The smallest absolute Gasteiger partial charge is 0.0594 e. The zero-order valence-corrected chi connectivity index (χ0v) is 11.1. The second-order valence-corrected chi connectivity index (χ2v) is 6.34. The number of nitrogens with zero attached hydrogens (tertiary/aromatic N) is 1. The van der Waals surface area contributed by atoms with Gasteiger partial charge in [-0.3, -0.25) is 4.90 Å². The Morgan fingerprint density at radius 2 is 1.53 bits per heavy atom. The number of ether oxygens (including phenoxy) is 1. The molecule has 15 heavy (non-hydrogen) atoms. The molecule has 2 nitrogen and oxygen atoms in total. The Kier molecular flexibility index (Phi) is 4.19. The molecule has 0 atom stereocenters. The van der Waals surface area contributed by atoms with Crippen molar-refractivity contribution in [1.29, 1.82) is 0 Å². The zero-order valence-electron chi connectivity index (χ0n) is 11.1. The molecular formula is C13H27NO. The molecule has 0 aliphatic carbocycles.